The van der Waals surface area contributed by atoms with E-state index in [0.717, 1.165) is 10.8 Å². The molecule has 5 heteroatoms. The van der Waals surface area contributed by atoms with E-state index in [0.29, 0.717) is 16.5 Å². The Morgan fingerprint density at radius 3 is 3.07 bits per heavy atom. The Morgan fingerprint density at radius 2 is 2.40 bits per heavy atom. The van der Waals surface area contributed by atoms with E-state index in [-0.39, 0.29) is 0 Å². The van der Waals surface area contributed by atoms with Crippen molar-refractivity contribution in [1.29, 1.82) is 0 Å². The molecule has 2 heterocycles. The molecule has 2 aromatic rings. The smallest absolute Gasteiger partial charge is 0.115 e. The number of hydrogen-bond donors (Lipinski definition) is 1. The van der Waals surface area contributed by atoms with Gasteiger partial charge in [0.1, 0.15) is 10.8 Å². The highest BCUT2D eigenvalue weighted by Gasteiger charge is 2.04. The zero-order chi connectivity index (χ0) is 10.7. The minimum absolute atomic E-state index is 0.572. The number of rotatable bonds is 3. The molecule has 0 saturated carbocycles. The molecule has 0 unspecified atom stereocenters. The number of nitrogens with two attached hydrogens (primary N) is 1. The fourth-order valence-electron chi connectivity index (χ4n) is 1.08. The van der Waals surface area contributed by atoms with Crippen molar-refractivity contribution < 1.29 is 4.42 Å². The molecule has 0 spiro atoms. The van der Waals surface area contributed by atoms with Crippen molar-refractivity contribution in [2.24, 2.45) is 0 Å². The summed E-state index contributed by atoms with van der Waals surface area (Å²) in [6.07, 6.45) is 3.24. The minimum atomic E-state index is 0.572. The van der Waals surface area contributed by atoms with Gasteiger partial charge < -0.3 is 10.2 Å². The molecular formula is C10H9ClN2OS. The molecule has 0 aromatic carbocycles. The van der Waals surface area contributed by atoms with Gasteiger partial charge in [0.15, 0.2) is 0 Å². The predicted octanol–water partition coefficient (Wildman–Crippen LogP) is 3.20. The molecule has 0 aliphatic heterocycles. The molecule has 15 heavy (non-hydrogen) atoms. The van der Waals surface area contributed by atoms with Crippen LogP contribution >= 0.6 is 23.4 Å². The number of anilines is 1. The minimum Gasteiger partial charge on any atom is -0.468 e. The van der Waals surface area contributed by atoms with Crippen molar-refractivity contribution in [3.8, 4) is 0 Å². The number of furan rings is 1. The Bertz CT molecular complexity index is 445. The molecule has 2 N–H and O–H groups in total. The van der Waals surface area contributed by atoms with Gasteiger partial charge in [-0.15, -0.1) is 0 Å². The molecule has 0 fully saturated rings. The summed E-state index contributed by atoms with van der Waals surface area (Å²) >= 11 is 7.50. The van der Waals surface area contributed by atoms with Gasteiger partial charge >= 0.3 is 0 Å². The van der Waals surface area contributed by atoms with Gasteiger partial charge in [-0.05, 0) is 18.2 Å². The lowest BCUT2D eigenvalue weighted by molar-refractivity contribution is 0.530. The lowest BCUT2D eigenvalue weighted by Gasteiger charge is -2.02. The Balaban J connectivity index is 2.05. The normalized spacial score (nSPS) is 10.5. The molecule has 3 nitrogen and oxygen atoms in total. The van der Waals surface area contributed by atoms with Crippen molar-refractivity contribution in [3.63, 3.8) is 0 Å². The third-order valence-corrected chi connectivity index (χ3v) is 3.19. The predicted molar refractivity (Wildman–Crippen MR) is 61.9 cm³/mol. The SMILES string of the molecule is Nc1cnc(SCc2ccco2)c(Cl)c1. The largest absolute Gasteiger partial charge is 0.468 e. The number of hydrogen-bond acceptors (Lipinski definition) is 4. The highest BCUT2D eigenvalue weighted by atomic mass is 35.5. The maximum absolute atomic E-state index is 5.98. The molecule has 0 atom stereocenters. The van der Waals surface area contributed by atoms with Crippen LogP contribution in [0.15, 0.2) is 40.1 Å². The summed E-state index contributed by atoms with van der Waals surface area (Å²) in [5, 5.41) is 1.34. The van der Waals surface area contributed by atoms with Crippen LogP contribution in [0.4, 0.5) is 5.69 Å². The molecule has 0 aliphatic rings. The van der Waals surface area contributed by atoms with Crippen LogP contribution in [0, 0.1) is 0 Å². The summed E-state index contributed by atoms with van der Waals surface area (Å²) < 4.78 is 5.20. The fourth-order valence-corrected chi connectivity index (χ4v) is 2.19. The van der Waals surface area contributed by atoms with E-state index in [1.54, 1.807) is 18.5 Å². The zero-order valence-corrected chi connectivity index (χ0v) is 9.39. The Hall–Kier alpha value is -1.13. The van der Waals surface area contributed by atoms with E-state index >= 15 is 0 Å². The van der Waals surface area contributed by atoms with E-state index in [2.05, 4.69) is 4.98 Å². The maximum Gasteiger partial charge on any atom is 0.115 e. The first-order chi connectivity index (χ1) is 7.25. The molecule has 0 bridgehead atoms. The van der Waals surface area contributed by atoms with Crippen molar-refractivity contribution in [3.05, 3.63) is 41.4 Å². The number of halogens is 1. The lowest BCUT2D eigenvalue weighted by atomic mass is 10.4. The summed E-state index contributed by atoms with van der Waals surface area (Å²) in [6, 6.07) is 5.46. The Kier molecular flexibility index (Phi) is 3.18. The maximum atomic E-state index is 5.98. The second kappa shape index (κ2) is 4.59. The third kappa shape index (κ3) is 2.67. The molecule has 2 rings (SSSR count). The van der Waals surface area contributed by atoms with Crippen molar-refractivity contribution >= 4 is 29.1 Å². The van der Waals surface area contributed by atoms with Crippen molar-refractivity contribution in [1.82, 2.24) is 4.98 Å². The number of nitrogens with zero attached hydrogens (tertiary/aromatic N) is 1. The molecule has 0 amide bonds. The quantitative estimate of drug-likeness (QED) is 0.837. The number of thioether (sulfide) groups is 1. The third-order valence-electron chi connectivity index (χ3n) is 1.76. The second-order valence-electron chi connectivity index (χ2n) is 2.92. The van der Waals surface area contributed by atoms with Gasteiger partial charge in [0, 0.05) is 0 Å². The average Bonchev–Trinajstić information content (AvgIpc) is 2.69. The molecule has 0 radical (unpaired) electrons. The van der Waals surface area contributed by atoms with Crippen LogP contribution in [0.5, 0.6) is 0 Å². The molecular weight excluding hydrogens is 232 g/mol. The first-order valence-electron chi connectivity index (χ1n) is 4.32. The van der Waals surface area contributed by atoms with Crippen molar-refractivity contribution in [2.45, 2.75) is 10.8 Å². The van der Waals surface area contributed by atoms with Crippen LogP contribution in [-0.4, -0.2) is 4.98 Å². The fraction of sp³-hybridized carbons (Fsp3) is 0.100. The van der Waals surface area contributed by atoms with Crippen LogP contribution in [0.2, 0.25) is 5.02 Å². The monoisotopic (exact) mass is 240 g/mol. The lowest BCUT2D eigenvalue weighted by Crippen LogP contribution is -1.89. The number of pyridine rings is 1. The molecule has 0 saturated heterocycles. The summed E-state index contributed by atoms with van der Waals surface area (Å²) in [5.74, 6) is 1.61. The van der Waals surface area contributed by atoms with Gasteiger partial charge in [-0.1, -0.05) is 23.4 Å². The van der Waals surface area contributed by atoms with E-state index in [1.165, 1.54) is 11.8 Å². The first kappa shape index (κ1) is 10.4. The molecule has 78 valence electrons. The molecule has 0 aliphatic carbocycles. The highest BCUT2D eigenvalue weighted by Crippen LogP contribution is 2.28. The van der Waals surface area contributed by atoms with E-state index in [9.17, 15) is 0 Å². The van der Waals surface area contributed by atoms with Crippen LogP contribution in [0.1, 0.15) is 5.76 Å². The van der Waals surface area contributed by atoms with E-state index in [1.807, 2.05) is 12.1 Å². The van der Waals surface area contributed by atoms with Crippen LogP contribution in [-0.2, 0) is 5.75 Å². The van der Waals surface area contributed by atoms with Gasteiger partial charge in [0.05, 0.1) is 28.9 Å². The standard InChI is InChI=1S/C10H9ClN2OS/c11-9-4-7(12)5-13-10(9)15-6-8-2-1-3-14-8/h1-5H,6,12H2. The topological polar surface area (TPSA) is 52.0 Å². The second-order valence-corrected chi connectivity index (χ2v) is 4.29. The first-order valence-corrected chi connectivity index (χ1v) is 5.68. The van der Waals surface area contributed by atoms with Gasteiger partial charge in [0.25, 0.3) is 0 Å². The Labute approximate surface area is 96.6 Å². The van der Waals surface area contributed by atoms with Crippen molar-refractivity contribution in [2.75, 3.05) is 5.73 Å². The van der Waals surface area contributed by atoms with Gasteiger partial charge in [-0.3, -0.25) is 0 Å². The van der Waals surface area contributed by atoms with Gasteiger partial charge in [-0.25, -0.2) is 4.98 Å². The van der Waals surface area contributed by atoms with Crippen LogP contribution < -0.4 is 5.73 Å². The number of nitrogen functional groups attached to an aromatic ring is 1. The van der Waals surface area contributed by atoms with Gasteiger partial charge in [0.2, 0.25) is 0 Å². The summed E-state index contributed by atoms with van der Waals surface area (Å²) in [7, 11) is 0. The summed E-state index contributed by atoms with van der Waals surface area (Å²) in [5.41, 5.74) is 6.12. The van der Waals surface area contributed by atoms with E-state index in [4.69, 9.17) is 21.8 Å². The summed E-state index contributed by atoms with van der Waals surface area (Å²) in [6.45, 7) is 0. The average molecular weight is 241 g/mol. The summed E-state index contributed by atoms with van der Waals surface area (Å²) in [4.78, 5) is 4.14. The Morgan fingerprint density at radius 1 is 1.53 bits per heavy atom. The van der Waals surface area contributed by atoms with Crippen LogP contribution in [0.25, 0.3) is 0 Å². The zero-order valence-electron chi connectivity index (χ0n) is 7.81. The van der Waals surface area contributed by atoms with Gasteiger partial charge in [-0.2, -0.15) is 0 Å². The van der Waals surface area contributed by atoms with E-state index < -0.39 is 0 Å². The van der Waals surface area contributed by atoms with Crippen LogP contribution in [0.3, 0.4) is 0 Å². The highest BCUT2D eigenvalue weighted by molar-refractivity contribution is 7.98. The molecule has 2 aromatic heterocycles. The number of aromatic nitrogens is 1.